The molecule has 174 valence electrons. The summed E-state index contributed by atoms with van der Waals surface area (Å²) in [7, 11) is -1.94. The molecule has 1 N–H and O–H groups in total. The van der Waals surface area contributed by atoms with Crippen molar-refractivity contribution >= 4 is 21.9 Å². The minimum atomic E-state index is -3.68. The molecule has 10 heteroatoms. The molecule has 2 aliphatic rings. The molecular weight excluding hydrogens is 420 g/mol. The van der Waals surface area contributed by atoms with Gasteiger partial charge in [0, 0.05) is 32.9 Å². The number of aromatic nitrogens is 2. The second kappa shape index (κ2) is 10.1. The Bertz CT molecular complexity index is 864. The lowest BCUT2D eigenvalue weighted by molar-refractivity contribution is -0.159. The number of ether oxygens (including phenoxy) is 1. The highest BCUT2D eigenvalue weighted by molar-refractivity contribution is 7.89. The van der Waals surface area contributed by atoms with E-state index in [1.807, 2.05) is 0 Å². The van der Waals surface area contributed by atoms with Crippen molar-refractivity contribution in [3.05, 3.63) is 12.0 Å². The molecule has 0 spiro atoms. The maximum atomic E-state index is 12.8. The van der Waals surface area contributed by atoms with E-state index in [2.05, 4.69) is 10.3 Å². The van der Waals surface area contributed by atoms with E-state index in [4.69, 9.17) is 4.74 Å². The van der Waals surface area contributed by atoms with Crippen LogP contribution in [0.25, 0.3) is 0 Å². The van der Waals surface area contributed by atoms with Crippen LogP contribution in [-0.4, -0.2) is 59.9 Å². The number of rotatable bonds is 7. The van der Waals surface area contributed by atoms with Gasteiger partial charge in [-0.15, -0.1) is 0 Å². The lowest BCUT2D eigenvalue weighted by Gasteiger charge is -2.30. The molecule has 3 rings (SSSR count). The molecule has 1 aromatic heterocycles. The van der Waals surface area contributed by atoms with Crippen LogP contribution in [0.2, 0.25) is 0 Å². The highest BCUT2D eigenvalue weighted by Gasteiger charge is 2.35. The van der Waals surface area contributed by atoms with E-state index in [1.165, 1.54) is 29.8 Å². The van der Waals surface area contributed by atoms with Crippen molar-refractivity contribution in [2.45, 2.75) is 69.9 Å². The Kier molecular flexibility index (Phi) is 7.74. The van der Waals surface area contributed by atoms with Gasteiger partial charge in [-0.05, 0) is 45.4 Å². The molecule has 2 heterocycles. The molecule has 2 fully saturated rings. The summed E-state index contributed by atoms with van der Waals surface area (Å²) in [4.78, 5) is 28.9. The molecule has 9 nitrogen and oxygen atoms in total. The van der Waals surface area contributed by atoms with E-state index in [-0.39, 0.29) is 24.0 Å². The summed E-state index contributed by atoms with van der Waals surface area (Å²) in [6, 6.07) is 0. The largest absolute Gasteiger partial charge is 0.452 e. The first-order valence-electron chi connectivity index (χ1n) is 11.2. The van der Waals surface area contributed by atoms with E-state index in [1.54, 1.807) is 25.5 Å². The summed E-state index contributed by atoms with van der Waals surface area (Å²) in [6.45, 7) is 4.40. The lowest BCUT2D eigenvalue weighted by Crippen LogP contribution is -2.43. The highest BCUT2D eigenvalue weighted by Crippen LogP contribution is 2.25. The molecule has 0 radical (unpaired) electrons. The number of carbonyl (C=O) groups is 2. The SMILES string of the molecule is Cc1nc(S(=O)(=O)N2CCC(C(=O)OC(C)C(=O)NCC3CCCCC3)CC2)cn1C. The van der Waals surface area contributed by atoms with Crippen LogP contribution in [0.3, 0.4) is 0 Å². The van der Waals surface area contributed by atoms with Gasteiger partial charge in [0.1, 0.15) is 5.82 Å². The first-order valence-corrected chi connectivity index (χ1v) is 12.6. The number of carbonyl (C=O) groups excluding carboxylic acids is 2. The first-order chi connectivity index (χ1) is 14.7. The molecule has 1 aliphatic heterocycles. The average molecular weight is 455 g/mol. The summed E-state index contributed by atoms with van der Waals surface area (Å²) in [5.41, 5.74) is 0. The summed E-state index contributed by atoms with van der Waals surface area (Å²) in [6.07, 6.45) is 7.31. The first kappa shape index (κ1) is 23.7. The molecule has 31 heavy (non-hydrogen) atoms. The quantitative estimate of drug-likeness (QED) is 0.629. The van der Waals surface area contributed by atoms with E-state index in [9.17, 15) is 18.0 Å². The Morgan fingerprint density at radius 2 is 1.84 bits per heavy atom. The normalized spacial score (nSPS) is 20.4. The van der Waals surface area contributed by atoms with Gasteiger partial charge >= 0.3 is 5.97 Å². The Morgan fingerprint density at radius 1 is 1.19 bits per heavy atom. The molecule has 1 saturated carbocycles. The van der Waals surface area contributed by atoms with E-state index >= 15 is 0 Å². The Labute approximate surface area is 184 Å². The van der Waals surface area contributed by atoms with Crippen LogP contribution < -0.4 is 5.32 Å². The maximum Gasteiger partial charge on any atom is 0.309 e. The second-order valence-electron chi connectivity index (χ2n) is 8.74. The number of imidazole rings is 1. The molecule has 1 aromatic rings. The van der Waals surface area contributed by atoms with Gasteiger partial charge in [0.05, 0.1) is 5.92 Å². The number of piperidine rings is 1. The zero-order valence-electron chi connectivity index (χ0n) is 18.7. The number of sulfonamides is 1. The second-order valence-corrected chi connectivity index (χ2v) is 10.6. The van der Waals surface area contributed by atoms with Gasteiger partial charge in [0.2, 0.25) is 0 Å². The monoisotopic (exact) mass is 454 g/mol. The van der Waals surface area contributed by atoms with Gasteiger partial charge in [0.15, 0.2) is 11.1 Å². The van der Waals surface area contributed by atoms with Gasteiger partial charge < -0.3 is 14.6 Å². The van der Waals surface area contributed by atoms with Gasteiger partial charge in [-0.25, -0.2) is 13.4 Å². The van der Waals surface area contributed by atoms with Crippen molar-refractivity contribution in [2.24, 2.45) is 18.9 Å². The highest BCUT2D eigenvalue weighted by atomic mass is 32.2. The van der Waals surface area contributed by atoms with Crippen LogP contribution >= 0.6 is 0 Å². The molecule has 1 aliphatic carbocycles. The minimum Gasteiger partial charge on any atom is -0.452 e. The van der Waals surface area contributed by atoms with Crippen LogP contribution in [0.15, 0.2) is 11.2 Å². The van der Waals surface area contributed by atoms with E-state index < -0.39 is 28.0 Å². The van der Waals surface area contributed by atoms with Gasteiger partial charge in [0.25, 0.3) is 15.9 Å². The summed E-state index contributed by atoms with van der Waals surface area (Å²) >= 11 is 0. The third-order valence-corrected chi connectivity index (χ3v) is 8.20. The number of hydrogen-bond donors (Lipinski definition) is 1. The van der Waals surface area contributed by atoms with Crippen molar-refractivity contribution in [3.63, 3.8) is 0 Å². The predicted octanol–water partition coefficient (Wildman–Crippen LogP) is 1.76. The summed E-state index contributed by atoms with van der Waals surface area (Å²) in [5, 5.41) is 2.92. The number of nitrogens with zero attached hydrogens (tertiary/aromatic N) is 3. The molecule has 1 unspecified atom stereocenters. The van der Waals surface area contributed by atoms with E-state index in [0.717, 1.165) is 12.8 Å². The summed E-state index contributed by atoms with van der Waals surface area (Å²) in [5.74, 6) is 0.00331. The van der Waals surface area contributed by atoms with E-state index in [0.29, 0.717) is 31.1 Å². The fourth-order valence-electron chi connectivity index (χ4n) is 4.22. The van der Waals surface area contributed by atoms with Crippen molar-refractivity contribution in [1.82, 2.24) is 19.2 Å². The van der Waals surface area contributed by atoms with Crippen LogP contribution in [0, 0.1) is 18.8 Å². The van der Waals surface area contributed by atoms with Crippen molar-refractivity contribution in [2.75, 3.05) is 19.6 Å². The Morgan fingerprint density at radius 3 is 2.42 bits per heavy atom. The van der Waals surface area contributed by atoms with Crippen molar-refractivity contribution in [1.29, 1.82) is 0 Å². The standard InChI is InChI=1S/C21H34N4O5S/c1-15(20(26)22-13-17-7-5-4-6-8-17)30-21(27)18-9-11-25(12-10-18)31(28,29)19-14-24(3)16(2)23-19/h14-15,17-18H,4-13H2,1-3H3,(H,22,26). The molecule has 1 amide bonds. The molecule has 1 atom stereocenters. The maximum absolute atomic E-state index is 12.8. The fourth-order valence-corrected chi connectivity index (χ4v) is 5.71. The number of amides is 1. The van der Waals surface area contributed by atoms with Crippen molar-refractivity contribution < 1.29 is 22.7 Å². The fraction of sp³-hybridized carbons (Fsp3) is 0.762. The topological polar surface area (TPSA) is 111 Å². The number of esters is 1. The number of hydrogen-bond acceptors (Lipinski definition) is 6. The number of aryl methyl sites for hydroxylation is 2. The third-order valence-electron chi connectivity index (χ3n) is 6.43. The smallest absolute Gasteiger partial charge is 0.309 e. The summed E-state index contributed by atoms with van der Waals surface area (Å²) < 4.78 is 34.0. The minimum absolute atomic E-state index is 0.0248. The van der Waals surface area contributed by atoms with Crippen LogP contribution in [0.4, 0.5) is 0 Å². The van der Waals surface area contributed by atoms with Gasteiger partial charge in [-0.3, -0.25) is 9.59 Å². The number of nitrogens with one attached hydrogen (secondary N) is 1. The van der Waals surface area contributed by atoms with Crippen LogP contribution in [-0.2, 0) is 31.4 Å². The molecule has 1 saturated heterocycles. The Hall–Kier alpha value is -1.94. The predicted molar refractivity (Wildman–Crippen MR) is 115 cm³/mol. The average Bonchev–Trinajstić information content (AvgIpc) is 3.11. The zero-order valence-corrected chi connectivity index (χ0v) is 19.5. The third kappa shape index (κ3) is 5.85. The molecule has 0 bridgehead atoms. The molecular formula is C21H34N4O5S. The van der Waals surface area contributed by atoms with Crippen molar-refractivity contribution in [3.8, 4) is 0 Å². The lowest BCUT2D eigenvalue weighted by atomic mass is 9.89. The molecule has 0 aromatic carbocycles. The van der Waals surface area contributed by atoms with Crippen LogP contribution in [0.1, 0.15) is 57.7 Å². The van der Waals surface area contributed by atoms with Gasteiger partial charge in [-0.1, -0.05) is 19.3 Å². The Balaban J connectivity index is 1.45. The van der Waals surface area contributed by atoms with Crippen LogP contribution in [0.5, 0.6) is 0 Å². The zero-order chi connectivity index (χ0) is 22.6. The van der Waals surface area contributed by atoms with Gasteiger partial charge in [-0.2, -0.15) is 4.31 Å².